The van der Waals surface area contributed by atoms with Crippen LogP contribution in [0.5, 0.6) is 0 Å². The van der Waals surface area contributed by atoms with Gasteiger partial charge in [-0.05, 0) is 38.5 Å². The second-order valence-electron chi connectivity index (χ2n) is 5.20. The molecule has 1 saturated heterocycles. The summed E-state index contributed by atoms with van der Waals surface area (Å²) < 4.78 is 13.7. The Morgan fingerprint density at radius 3 is 2.60 bits per heavy atom. The molecule has 1 heterocycles. The molecule has 0 spiro atoms. The smallest absolute Gasteiger partial charge is 0.246 e. The Morgan fingerprint density at radius 1 is 1.35 bits per heavy atom. The lowest BCUT2D eigenvalue weighted by atomic mass is 10.0. The Hall–Kier alpha value is -1.68. The summed E-state index contributed by atoms with van der Waals surface area (Å²) in [6, 6.07) is 7.03. The van der Waals surface area contributed by atoms with E-state index in [0.29, 0.717) is 17.2 Å². The Bertz CT molecular complexity index is 505. The van der Waals surface area contributed by atoms with Crippen molar-refractivity contribution < 1.29 is 9.18 Å². The van der Waals surface area contributed by atoms with Crippen molar-refractivity contribution in [3.8, 4) is 0 Å². The Balaban J connectivity index is 2.04. The first-order chi connectivity index (χ1) is 9.61. The van der Waals surface area contributed by atoms with E-state index in [9.17, 15) is 9.18 Å². The van der Waals surface area contributed by atoms with Gasteiger partial charge >= 0.3 is 0 Å². The topological polar surface area (TPSA) is 32.3 Å². The summed E-state index contributed by atoms with van der Waals surface area (Å²) in [6.45, 7) is 3.29. The second-order valence-corrected chi connectivity index (χ2v) is 5.20. The predicted molar refractivity (Wildman–Crippen MR) is 78.7 cm³/mol. The fraction of sp³-hybridized carbons (Fsp3) is 0.438. The first-order valence-corrected chi connectivity index (χ1v) is 7.01. The number of allylic oxidation sites excluding steroid dienone is 1. The maximum atomic E-state index is 13.7. The van der Waals surface area contributed by atoms with Crippen LogP contribution in [-0.2, 0) is 4.79 Å². The molecule has 3 nitrogen and oxygen atoms in total. The van der Waals surface area contributed by atoms with Crippen molar-refractivity contribution in [3.05, 3.63) is 41.7 Å². The monoisotopic (exact) mass is 276 g/mol. The molecule has 0 bridgehead atoms. The summed E-state index contributed by atoms with van der Waals surface area (Å²) in [7, 11) is 1.95. The van der Waals surface area contributed by atoms with E-state index in [4.69, 9.17) is 0 Å². The zero-order valence-electron chi connectivity index (χ0n) is 12.0. The lowest BCUT2D eigenvalue weighted by Gasteiger charge is -2.31. The number of piperidine rings is 1. The van der Waals surface area contributed by atoms with E-state index in [-0.39, 0.29) is 11.7 Å². The number of halogens is 1. The average molecular weight is 276 g/mol. The van der Waals surface area contributed by atoms with Crippen molar-refractivity contribution in [1.82, 2.24) is 10.2 Å². The van der Waals surface area contributed by atoms with Crippen molar-refractivity contribution in [2.45, 2.75) is 25.8 Å². The van der Waals surface area contributed by atoms with Gasteiger partial charge < -0.3 is 10.2 Å². The average Bonchev–Trinajstić information content (AvgIpc) is 2.47. The standard InChI is InChI=1S/C16H21FN2O/c1-12(14-5-3-4-6-15(14)17)11-16(20)19-9-7-13(18-2)8-10-19/h3-6,11,13,18H,7-10H2,1-2H3. The van der Waals surface area contributed by atoms with Gasteiger partial charge in [-0.25, -0.2) is 4.39 Å². The van der Waals surface area contributed by atoms with Gasteiger partial charge in [0.05, 0.1) is 0 Å². The zero-order chi connectivity index (χ0) is 14.5. The van der Waals surface area contributed by atoms with Gasteiger partial charge in [-0.15, -0.1) is 0 Å². The van der Waals surface area contributed by atoms with Crippen LogP contribution >= 0.6 is 0 Å². The fourth-order valence-corrected chi connectivity index (χ4v) is 2.52. The molecule has 0 unspecified atom stereocenters. The molecule has 1 fully saturated rings. The Morgan fingerprint density at radius 2 is 2.00 bits per heavy atom. The van der Waals surface area contributed by atoms with Crippen molar-refractivity contribution in [2.75, 3.05) is 20.1 Å². The molecule has 1 N–H and O–H groups in total. The van der Waals surface area contributed by atoms with E-state index in [1.54, 1.807) is 25.1 Å². The summed E-state index contributed by atoms with van der Waals surface area (Å²) in [4.78, 5) is 14.0. The van der Waals surface area contributed by atoms with Gasteiger partial charge in [0, 0.05) is 30.8 Å². The number of carbonyl (C=O) groups is 1. The van der Waals surface area contributed by atoms with Crippen LogP contribution in [0.15, 0.2) is 30.3 Å². The van der Waals surface area contributed by atoms with Gasteiger partial charge in [0.1, 0.15) is 5.82 Å². The molecule has 0 radical (unpaired) electrons. The molecular formula is C16H21FN2O. The van der Waals surface area contributed by atoms with E-state index in [1.807, 2.05) is 11.9 Å². The van der Waals surface area contributed by atoms with Crippen LogP contribution < -0.4 is 5.32 Å². The van der Waals surface area contributed by atoms with Crippen molar-refractivity contribution in [2.24, 2.45) is 0 Å². The van der Waals surface area contributed by atoms with Crippen molar-refractivity contribution in [3.63, 3.8) is 0 Å². The SMILES string of the molecule is CNC1CCN(C(=O)C=C(C)c2ccccc2F)CC1. The van der Waals surface area contributed by atoms with Gasteiger partial charge in [0.2, 0.25) is 5.91 Å². The largest absolute Gasteiger partial charge is 0.339 e. The number of rotatable bonds is 3. The van der Waals surface area contributed by atoms with E-state index < -0.39 is 0 Å². The van der Waals surface area contributed by atoms with Gasteiger partial charge in [0.25, 0.3) is 0 Å². The number of likely N-dealkylation sites (tertiary alicyclic amines) is 1. The minimum absolute atomic E-state index is 0.0275. The number of nitrogens with one attached hydrogen (secondary N) is 1. The summed E-state index contributed by atoms with van der Waals surface area (Å²) in [6.07, 6.45) is 3.47. The van der Waals surface area contributed by atoms with Gasteiger partial charge in [-0.1, -0.05) is 18.2 Å². The molecule has 0 aliphatic carbocycles. The van der Waals surface area contributed by atoms with E-state index >= 15 is 0 Å². The van der Waals surface area contributed by atoms with Crippen LogP contribution in [0.25, 0.3) is 5.57 Å². The third kappa shape index (κ3) is 3.45. The van der Waals surface area contributed by atoms with E-state index in [2.05, 4.69) is 5.32 Å². The highest BCUT2D eigenvalue weighted by Crippen LogP contribution is 2.18. The molecule has 0 saturated carbocycles. The minimum Gasteiger partial charge on any atom is -0.339 e. The minimum atomic E-state index is -0.289. The number of amides is 1. The van der Waals surface area contributed by atoms with Gasteiger partial charge in [-0.3, -0.25) is 4.79 Å². The lowest BCUT2D eigenvalue weighted by molar-refractivity contribution is -0.127. The normalized spacial score (nSPS) is 17.4. The molecule has 0 atom stereocenters. The number of benzene rings is 1. The van der Waals surface area contributed by atoms with Crippen molar-refractivity contribution >= 4 is 11.5 Å². The Labute approximate surface area is 119 Å². The van der Waals surface area contributed by atoms with Crippen LogP contribution in [0.1, 0.15) is 25.3 Å². The summed E-state index contributed by atoms with van der Waals surface area (Å²) in [5, 5.41) is 3.23. The number of hydrogen-bond donors (Lipinski definition) is 1. The van der Waals surface area contributed by atoms with Crippen molar-refractivity contribution in [1.29, 1.82) is 0 Å². The molecular weight excluding hydrogens is 255 g/mol. The van der Waals surface area contributed by atoms with Gasteiger partial charge in [-0.2, -0.15) is 0 Å². The van der Waals surface area contributed by atoms with Crippen LogP contribution in [-0.4, -0.2) is 37.0 Å². The third-order valence-electron chi connectivity index (χ3n) is 3.85. The van der Waals surface area contributed by atoms with E-state index in [0.717, 1.165) is 25.9 Å². The quantitative estimate of drug-likeness (QED) is 0.860. The molecule has 1 aliphatic rings. The maximum absolute atomic E-state index is 13.7. The molecule has 108 valence electrons. The maximum Gasteiger partial charge on any atom is 0.246 e. The van der Waals surface area contributed by atoms with Crippen LogP contribution in [0, 0.1) is 5.82 Å². The highest BCUT2D eigenvalue weighted by atomic mass is 19.1. The molecule has 4 heteroatoms. The highest BCUT2D eigenvalue weighted by molar-refractivity contribution is 5.95. The first kappa shape index (κ1) is 14.7. The number of carbonyl (C=O) groups excluding carboxylic acids is 1. The molecule has 1 aromatic carbocycles. The fourth-order valence-electron chi connectivity index (χ4n) is 2.52. The third-order valence-corrected chi connectivity index (χ3v) is 3.85. The number of hydrogen-bond acceptors (Lipinski definition) is 2. The Kier molecular flexibility index (Phi) is 4.90. The second kappa shape index (κ2) is 6.66. The summed E-state index contributed by atoms with van der Waals surface area (Å²) >= 11 is 0. The van der Waals surface area contributed by atoms with Gasteiger partial charge in [0.15, 0.2) is 0 Å². The molecule has 20 heavy (non-hydrogen) atoms. The van der Waals surface area contributed by atoms with E-state index in [1.165, 1.54) is 12.1 Å². The van der Waals surface area contributed by atoms with Crippen LogP contribution in [0.4, 0.5) is 4.39 Å². The molecule has 0 aromatic heterocycles. The molecule has 1 aliphatic heterocycles. The van der Waals surface area contributed by atoms with Crippen LogP contribution in [0.2, 0.25) is 0 Å². The first-order valence-electron chi connectivity index (χ1n) is 7.01. The molecule has 2 rings (SSSR count). The molecule has 1 amide bonds. The summed E-state index contributed by atoms with van der Waals surface area (Å²) in [5.41, 5.74) is 1.16. The number of nitrogens with zero attached hydrogens (tertiary/aromatic N) is 1. The zero-order valence-corrected chi connectivity index (χ0v) is 12.0. The van der Waals surface area contributed by atoms with Crippen LogP contribution in [0.3, 0.4) is 0 Å². The summed E-state index contributed by atoms with van der Waals surface area (Å²) in [5.74, 6) is -0.316. The lowest BCUT2D eigenvalue weighted by Crippen LogP contribution is -2.43. The highest BCUT2D eigenvalue weighted by Gasteiger charge is 2.20. The molecule has 1 aromatic rings. The predicted octanol–water partition coefficient (Wildman–Crippen LogP) is 2.44.